The number of nitrogens with zero attached hydrogens (tertiary/aromatic N) is 2. The molecule has 2 N–H and O–H groups in total. The molecule has 19 heavy (non-hydrogen) atoms. The van der Waals surface area contributed by atoms with Crippen molar-refractivity contribution in [1.82, 2.24) is 9.80 Å². The summed E-state index contributed by atoms with van der Waals surface area (Å²) < 4.78 is 5.37. The molecule has 0 aromatic carbocycles. The van der Waals surface area contributed by atoms with Crippen molar-refractivity contribution in [2.24, 2.45) is 17.1 Å². The highest BCUT2D eigenvalue weighted by molar-refractivity contribution is 5.83. The van der Waals surface area contributed by atoms with Gasteiger partial charge in [-0.2, -0.15) is 0 Å². The molecule has 110 valence electrons. The summed E-state index contributed by atoms with van der Waals surface area (Å²) in [6, 6.07) is -0.181. The minimum absolute atomic E-state index is 0.136. The fourth-order valence-electron chi connectivity index (χ4n) is 3.06. The second-order valence-electron chi connectivity index (χ2n) is 6.47. The van der Waals surface area contributed by atoms with Crippen LogP contribution in [0.25, 0.3) is 0 Å². The summed E-state index contributed by atoms with van der Waals surface area (Å²) in [5, 5.41) is 0. The number of piperidine rings is 1. The number of nitrogens with two attached hydrogens (primary N) is 1. The maximum Gasteiger partial charge on any atom is 0.232 e. The molecule has 0 radical (unpaired) electrons. The molecule has 0 saturated carbocycles. The van der Waals surface area contributed by atoms with E-state index in [-0.39, 0.29) is 11.9 Å². The molecular formula is C14H27N3O2. The second kappa shape index (κ2) is 5.77. The van der Waals surface area contributed by atoms with Crippen LogP contribution in [0.4, 0.5) is 0 Å². The predicted octanol–water partition coefficient (Wildman–Crippen LogP) is 0.150. The van der Waals surface area contributed by atoms with E-state index >= 15 is 0 Å². The Labute approximate surface area is 116 Å². The van der Waals surface area contributed by atoms with Crippen molar-refractivity contribution >= 4 is 5.91 Å². The van der Waals surface area contributed by atoms with E-state index in [2.05, 4.69) is 11.9 Å². The van der Waals surface area contributed by atoms with Gasteiger partial charge in [0.1, 0.15) is 0 Å². The lowest BCUT2D eigenvalue weighted by Gasteiger charge is -2.35. The maximum atomic E-state index is 12.6. The fourth-order valence-corrected chi connectivity index (χ4v) is 3.06. The quantitative estimate of drug-likeness (QED) is 0.792. The number of hydrogen-bond acceptors (Lipinski definition) is 4. The van der Waals surface area contributed by atoms with Crippen LogP contribution in [-0.2, 0) is 9.53 Å². The number of hydrogen-bond donors (Lipinski definition) is 1. The molecule has 0 aromatic heterocycles. The van der Waals surface area contributed by atoms with E-state index in [1.54, 1.807) is 0 Å². The van der Waals surface area contributed by atoms with Crippen molar-refractivity contribution in [3.8, 4) is 0 Å². The summed E-state index contributed by atoms with van der Waals surface area (Å²) in [4.78, 5) is 16.8. The Morgan fingerprint density at radius 3 is 2.63 bits per heavy atom. The molecule has 2 fully saturated rings. The zero-order valence-corrected chi connectivity index (χ0v) is 12.4. The first-order chi connectivity index (χ1) is 8.93. The van der Waals surface area contributed by atoms with Crippen LogP contribution < -0.4 is 5.73 Å². The molecule has 2 aliphatic heterocycles. The first kappa shape index (κ1) is 14.8. The Morgan fingerprint density at radius 1 is 1.47 bits per heavy atom. The first-order valence-electron chi connectivity index (χ1n) is 7.21. The van der Waals surface area contributed by atoms with Crippen LogP contribution in [0, 0.1) is 11.3 Å². The zero-order chi connectivity index (χ0) is 14.0. The van der Waals surface area contributed by atoms with Crippen LogP contribution in [0.1, 0.15) is 19.8 Å². The van der Waals surface area contributed by atoms with Gasteiger partial charge in [0.15, 0.2) is 0 Å². The monoisotopic (exact) mass is 269 g/mol. The summed E-state index contributed by atoms with van der Waals surface area (Å²) >= 11 is 0. The number of carbonyl (C=O) groups is 1. The molecule has 2 aliphatic rings. The Kier molecular flexibility index (Phi) is 4.48. The number of carbonyl (C=O) groups excluding carboxylic acids is 1. The van der Waals surface area contributed by atoms with Crippen molar-refractivity contribution in [3.63, 3.8) is 0 Å². The first-order valence-corrected chi connectivity index (χ1v) is 7.21. The average molecular weight is 269 g/mol. The molecule has 1 amide bonds. The predicted molar refractivity (Wildman–Crippen MR) is 74.8 cm³/mol. The lowest BCUT2D eigenvalue weighted by atomic mass is 9.84. The third-order valence-electron chi connectivity index (χ3n) is 4.72. The average Bonchev–Trinajstić information content (AvgIpc) is 2.72. The summed E-state index contributed by atoms with van der Waals surface area (Å²) in [5.41, 5.74) is 5.48. The van der Waals surface area contributed by atoms with Gasteiger partial charge >= 0.3 is 0 Å². The highest BCUT2D eigenvalue weighted by Gasteiger charge is 2.45. The van der Waals surface area contributed by atoms with E-state index in [9.17, 15) is 4.79 Å². The van der Waals surface area contributed by atoms with E-state index in [1.807, 2.05) is 18.9 Å². The van der Waals surface area contributed by atoms with E-state index in [0.29, 0.717) is 19.1 Å². The van der Waals surface area contributed by atoms with Crippen molar-refractivity contribution < 1.29 is 9.53 Å². The number of likely N-dealkylation sites (tertiary alicyclic amines) is 1. The SMILES string of the molecule is CN1CCC(CN(C)C(=O)C2(C)COCC2N)CC1. The van der Waals surface area contributed by atoms with Crippen molar-refractivity contribution in [1.29, 1.82) is 0 Å². The normalized spacial score (nSPS) is 33.6. The Hall–Kier alpha value is -0.650. The van der Waals surface area contributed by atoms with Crippen LogP contribution in [0.15, 0.2) is 0 Å². The third-order valence-corrected chi connectivity index (χ3v) is 4.72. The molecule has 2 saturated heterocycles. The van der Waals surface area contributed by atoms with Crippen LogP contribution >= 0.6 is 0 Å². The van der Waals surface area contributed by atoms with Gasteiger partial charge in [0.05, 0.1) is 18.6 Å². The van der Waals surface area contributed by atoms with Gasteiger partial charge in [-0.05, 0) is 45.8 Å². The molecule has 0 aliphatic carbocycles. The van der Waals surface area contributed by atoms with E-state index < -0.39 is 5.41 Å². The maximum absolute atomic E-state index is 12.6. The number of rotatable bonds is 3. The summed E-state index contributed by atoms with van der Waals surface area (Å²) in [5.74, 6) is 0.753. The molecule has 0 aromatic rings. The van der Waals surface area contributed by atoms with Gasteiger partial charge in [0.2, 0.25) is 5.91 Å². The molecule has 0 bridgehead atoms. The van der Waals surface area contributed by atoms with Crippen LogP contribution in [0.2, 0.25) is 0 Å². The molecule has 2 rings (SSSR count). The van der Waals surface area contributed by atoms with Gasteiger partial charge in [-0.25, -0.2) is 0 Å². The van der Waals surface area contributed by atoms with Crippen molar-refractivity contribution in [3.05, 3.63) is 0 Å². The number of ether oxygens (including phenoxy) is 1. The topological polar surface area (TPSA) is 58.8 Å². The summed E-state index contributed by atoms with van der Waals surface area (Å²) in [6.07, 6.45) is 2.35. The smallest absolute Gasteiger partial charge is 0.232 e. The molecular weight excluding hydrogens is 242 g/mol. The van der Waals surface area contributed by atoms with Gasteiger partial charge in [-0.3, -0.25) is 4.79 Å². The van der Waals surface area contributed by atoms with Crippen molar-refractivity contribution in [2.75, 3.05) is 46.9 Å². The summed E-state index contributed by atoms with van der Waals surface area (Å²) in [7, 11) is 4.05. The largest absolute Gasteiger partial charge is 0.379 e. The second-order valence-corrected chi connectivity index (χ2v) is 6.47. The van der Waals surface area contributed by atoms with Crippen LogP contribution in [0.3, 0.4) is 0 Å². The molecule has 0 spiro atoms. The Balaban J connectivity index is 1.89. The van der Waals surface area contributed by atoms with Gasteiger partial charge in [0, 0.05) is 19.6 Å². The molecule has 2 heterocycles. The molecule has 5 heteroatoms. The third kappa shape index (κ3) is 3.09. The minimum atomic E-state index is -0.541. The van der Waals surface area contributed by atoms with E-state index in [1.165, 1.54) is 12.8 Å². The van der Waals surface area contributed by atoms with Gasteiger partial charge in [-0.15, -0.1) is 0 Å². The van der Waals surface area contributed by atoms with E-state index in [4.69, 9.17) is 10.5 Å². The minimum Gasteiger partial charge on any atom is -0.379 e. The Morgan fingerprint density at radius 2 is 2.11 bits per heavy atom. The van der Waals surface area contributed by atoms with Gasteiger partial charge < -0.3 is 20.3 Å². The van der Waals surface area contributed by atoms with Crippen molar-refractivity contribution in [2.45, 2.75) is 25.8 Å². The lowest BCUT2D eigenvalue weighted by Crippen LogP contribution is -2.51. The van der Waals surface area contributed by atoms with Crippen LogP contribution in [0.5, 0.6) is 0 Å². The Bertz CT molecular complexity index is 329. The molecule has 2 unspecified atom stereocenters. The highest BCUT2D eigenvalue weighted by Crippen LogP contribution is 2.30. The number of amides is 1. The lowest BCUT2D eigenvalue weighted by molar-refractivity contribution is -0.141. The molecule has 5 nitrogen and oxygen atoms in total. The fraction of sp³-hybridized carbons (Fsp3) is 0.929. The van der Waals surface area contributed by atoms with Crippen LogP contribution in [-0.4, -0.2) is 68.7 Å². The molecule has 2 atom stereocenters. The van der Waals surface area contributed by atoms with Gasteiger partial charge in [0.25, 0.3) is 0 Å². The van der Waals surface area contributed by atoms with Gasteiger partial charge in [-0.1, -0.05) is 0 Å². The highest BCUT2D eigenvalue weighted by atomic mass is 16.5. The standard InChI is InChI=1S/C14H27N3O2/c1-14(10-19-9-12(14)15)13(18)17(3)8-11-4-6-16(2)7-5-11/h11-12H,4-10,15H2,1-3H3. The zero-order valence-electron chi connectivity index (χ0n) is 12.4. The summed E-state index contributed by atoms with van der Waals surface area (Å²) in [6.45, 7) is 5.97. The van der Waals surface area contributed by atoms with E-state index in [0.717, 1.165) is 19.6 Å².